The average Bonchev–Trinajstić information content (AvgIpc) is 3.62. The van der Waals surface area contributed by atoms with E-state index in [1.165, 1.54) is 86.5 Å². The van der Waals surface area contributed by atoms with Crippen molar-refractivity contribution in [3.63, 3.8) is 0 Å². The predicted octanol–water partition coefficient (Wildman–Crippen LogP) is 16.3. The molecule has 0 bridgehead atoms. The fraction of sp³-hybridized carbons (Fsp3) is 0.491. The number of nitrogens with zero attached hydrogens (tertiary/aromatic N) is 2. The first kappa shape index (κ1) is 56.4. The molecule has 3 amide bonds. The molecule has 374 valence electrons. The number of nitrogens with one attached hydrogen (secondary N) is 3. The van der Waals surface area contributed by atoms with Crippen LogP contribution in [0.4, 0.5) is 17.1 Å². The van der Waals surface area contributed by atoms with Gasteiger partial charge in [0.2, 0.25) is 0 Å². The lowest BCUT2D eigenvalue weighted by Crippen LogP contribution is -2.36. The molecule has 2 unspecified atom stereocenters. The highest BCUT2D eigenvalue weighted by atomic mass is 127. The maximum absolute atomic E-state index is 14.6. The van der Waals surface area contributed by atoms with Crippen LogP contribution in [0.25, 0.3) is 0 Å². The summed E-state index contributed by atoms with van der Waals surface area (Å²) in [5, 5.41) is 7.32. The molecule has 3 N–H and O–H groups in total. The lowest BCUT2D eigenvalue weighted by atomic mass is 10.00. The van der Waals surface area contributed by atoms with E-state index in [0.717, 1.165) is 72.7 Å². The number of ether oxygens (including phenoxy) is 1. The Morgan fingerprint density at radius 1 is 0.754 bits per heavy atom. The van der Waals surface area contributed by atoms with Gasteiger partial charge >= 0.3 is 0 Å². The van der Waals surface area contributed by atoms with E-state index in [1.807, 2.05) is 31.2 Å². The Balaban J connectivity index is 1.33. The molecule has 5 rings (SSSR count). The van der Waals surface area contributed by atoms with E-state index in [-0.39, 0.29) is 33.4 Å². The molecule has 0 saturated carbocycles. The van der Waals surface area contributed by atoms with Gasteiger partial charge in [-0.3, -0.25) is 19.8 Å². The molecule has 4 aromatic carbocycles. The third-order valence-corrected chi connectivity index (χ3v) is 15.0. The molecule has 1 aliphatic heterocycles. The number of hydrogen-bond acceptors (Lipinski definition) is 6. The van der Waals surface area contributed by atoms with Crippen molar-refractivity contribution in [2.45, 2.75) is 172 Å². The van der Waals surface area contributed by atoms with Crippen molar-refractivity contribution in [1.29, 1.82) is 0 Å². The van der Waals surface area contributed by atoms with Crippen LogP contribution in [0.1, 0.15) is 165 Å². The first-order valence-electron chi connectivity index (χ1n) is 25.2. The minimum Gasteiger partial charge on any atom is -0.480 e. The number of hydrazine groups is 1. The van der Waals surface area contributed by atoms with E-state index < -0.39 is 17.3 Å². The van der Waals surface area contributed by atoms with Crippen LogP contribution >= 0.6 is 69.2 Å². The number of benzene rings is 4. The maximum Gasteiger partial charge on any atom is 0.267 e. The Morgan fingerprint density at radius 3 is 2.04 bits per heavy atom. The Labute approximate surface area is 444 Å². The largest absolute Gasteiger partial charge is 0.480 e. The minimum absolute atomic E-state index is 0.230. The van der Waals surface area contributed by atoms with Gasteiger partial charge in [-0.1, -0.05) is 177 Å². The van der Waals surface area contributed by atoms with Crippen molar-refractivity contribution in [2.24, 2.45) is 4.99 Å². The number of amidine groups is 1. The van der Waals surface area contributed by atoms with Crippen LogP contribution in [0.15, 0.2) is 82.7 Å². The van der Waals surface area contributed by atoms with Crippen molar-refractivity contribution >= 4 is 110 Å². The number of aryl methyl sites for hydroxylation is 2. The fourth-order valence-corrected chi connectivity index (χ4v) is 11.1. The monoisotopic (exact) mass is 1130 g/mol. The quantitative estimate of drug-likeness (QED) is 0.0354. The van der Waals surface area contributed by atoms with Gasteiger partial charge in [-0.05, 0) is 121 Å². The molecule has 1 saturated heterocycles. The summed E-state index contributed by atoms with van der Waals surface area (Å²) in [7, 11) is 0. The minimum atomic E-state index is -0.969. The first-order valence-corrected chi connectivity index (χ1v) is 28.3. The summed E-state index contributed by atoms with van der Waals surface area (Å²) in [5.74, 6) is 0.0420. The van der Waals surface area contributed by atoms with E-state index in [4.69, 9.17) is 44.5 Å². The number of rotatable bonds is 30. The highest BCUT2D eigenvalue weighted by Crippen LogP contribution is 2.41. The zero-order valence-corrected chi connectivity index (χ0v) is 46.1. The maximum atomic E-state index is 14.6. The Kier molecular flexibility index (Phi) is 24.9. The van der Waals surface area contributed by atoms with E-state index >= 15 is 0 Å². The van der Waals surface area contributed by atoms with Crippen molar-refractivity contribution in [1.82, 2.24) is 10.7 Å². The molecule has 14 heteroatoms. The average molecular weight is 1130 g/mol. The lowest BCUT2D eigenvalue weighted by Gasteiger charge is -2.21. The molecular weight excluding hydrogens is 1060 g/mol. The van der Waals surface area contributed by atoms with E-state index in [1.54, 1.807) is 36.4 Å². The van der Waals surface area contributed by atoms with Crippen molar-refractivity contribution in [3.05, 3.63) is 108 Å². The highest BCUT2D eigenvalue weighted by Gasteiger charge is 2.41. The Morgan fingerprint density at radius 2 is 1.38 bits per heavy atom. The number of anilines is 2. The first-order chi connectivity index (χ1) is 33.5. The van der Waals surface area contributed by atoms with Crippen LogP contribution in [-0.4, -0.2) is 41.5 Å². The number of unbranched alkanes of at least 4 members (excludes halogenated alkanes) is 14. The van der Waals surface area contributed by atoms with Crippen LogP contribution in [0.3, 0.4) is 0 Å². The zero-order valence-electron chi connectivity index (χ0n) is 40.9. The smallest absolute Gasteiger partial charge is 0.267 e. The summed E-state index contributed by atoms with van der Waals surface area (Å²) in [4.78, 5) is 47.7. The van der Waals surface area contributed by atoms with Gasteiger partial charge in [0.1, 0.15) is 22.5 Å². The van der Waals surface area contributed by atoms with Crippen LogP contribution in [0.2, 0.25) is 15.1 Å². The topological polar surface area (TPSA) is 112 Å². The predicted molar refractivity (Wildman–Crippen MR) is 299 cm³/mol. The van der Waals surface area contributed by atoms with Gasteiger partial charge in [-0.15, -0.1) is 11.8 Å². The van der Waals surface area contributed by atoms with Crippen molar-refractivity contribution in [3.8, 4) is 5.75 Å². The van der Waals surface area contributed by atoms with Crippen molar-refractivity contribution < 1.29 is 19.1 Å². The molecule has 2 atom stereocenters. The van der Waals surface area contributed by atoms with E-state index in [9.17, 15) is 14.4 Å². The molecule has 4 aromatic rings. The molecule has 69 heavy (non-hydrogen) atoms. The lowest BCUT2D eigenvalue weighted by molar-refractivity contribution is -0.123. The molecule has 1 fully saturated rings. The van der Waals surface area contributed by atoms with Gasteiger partial charge in [0, 0.05) is 20.6 Å². The Bertz CT molecular complexity index is 2310. The number of halogens is 4. The number of carbonyl (C=O) groups is 3. The molecule has 0 aromatic heterocycles. The van der Waals surface area contributed by atoms with E-state index in [2.05, 4.69) is 71.6 Å². The van der Waals surface area contributed by atoms with Crippen LogP contribution in [0.5, 0.6) is 5.75 Å². The van der Waals surface area contributed by atoms with Crippen LogP contribution < -0.4 is 25.8 Å². The molecule has 9 nitrogen and oxygen atoms in total. The summed E-state index contributed by atoms with van der Waals surface area (Å²) in [6, 6.07) is 22.1. The highest BCUT2D eigenvalue weighted by molar-refractivity contribution is 14.1. The number of para-hydroxylation sites is 1. The summed E-state index contributed by atoms with van der Waals surface area (Å²) in [6.45, 7) is 9.16. The van der Waals surface area contributed by atoms with Crippen molar-refractivity contribution in [2.75, 3.05) is 16.9 Å². The SMILES string of the molecule is CCCCCCCCCCCCCNC(=O)c1ccc(Cl)c(N=C2NN(c3c(Cl)cc(I)cc3Cl)C(=O)C2Sc2ccccc2NC(=O)C(CC)Oc2ccc(CCCCC)cc2CCCCC)c1. The van der Waals surface area contributed by atoms with Gasteiger partial charge in [0.05, 0.1) is 26.4 Å². The molecule has 1 heterocycles. The number of hydrogen-bond donors (Lipinski definition) is 3. The second-order valence-electron chi connectivity index (χ2n) is 17.8. The number of carbonyl (C=O) groups excluding carboxylic acids is 3. The van der Waals surface area contributed by atoms with Gasteiger partial charge in [-0.25, -0.2) is 10.0 Å². The molecule has 1 aliphatic rings. The fourth-order valence-electron chi connectivity index (χ4n) is 8.26. The second-order valence-corrected chi connectivity index (χ2v) is 21.4. The summed E-state index contributed by atoms with van der Waals surface area (Å²) < 4.78 is 7.33. The zero-order chi connectivity index (χ0) is 49.5. The number of aliphatic imine (C=N–C) groups is 1. The van der Waals surface area contributed by atoms with Gasteiger partial charge in [0.25, 0.3) is 17.7 Å². The summed E-state index contributed by atoms with van der Waals surface area (Å²) >= 11 is 23.6. The third-order valence-electron chi connectivity index (χ3n) is 12.2. The second kappa shape index (κ2) is 30.4. The normalized spacial score (nSPS) is 14.6. The van der Waals surface area contributed by atoms with Gasteiger partial charge in [0.15, 0.2) is 6.10 Å². The molecule has 0 aliphatic carbocycles. The third kappa shape index (κ3) is 17.6. The number of amides is 3. The summed E-state index contributed by atoms with van der Waals surface area (Å²) in [6.07, 6.45) is 21.9. The van der Waals surface area contributed by atoms with Crippen LogP contribution in [0, 0.1) is 3.57 Å². The van der Waals surface area contributed by atoms with Gasteiger partial charge in [-0.2, -0.15) is 0 Å². The molecule has 0 spiro atoms. The standard InChI is InChI=1S/C55H71Cl3IN5O4S/c1-5-9-12-13-14-15-16-17-18-19-24-33-60-53(65)40-30-31-42(56)46(35-40)61-52-51(55(67)64(63-52)50-43(57)36-41(59)37-44(50)58)69-49-28-23-22-27-45(49)62-54(66)47(8-4)68-48-32-29-38(25-20-10-6-2)34-39(48)26-21-11-7-3/h22-23,27-32,34-37,47,51H,5-21,24-26,33H2,1-4H3,(H,60,65)(H,61,63)(H,62,66). The van der Waals surface area contributed by atoms with E-state index in [0.29, 0.717) is 39.8 Å². The number of thioether (sulfide) groups is 1. The summed E-state index contributed by atoms with van der Waals surface area (Å²) in [5.41, 5.74) is 7.06. The van der Waals surface area contributed by atoms with Crippen LogP contribution in [-0.2, 0) is 22.4 Å². The molecule has 0 radical (unpaired) electrons. The van der Waals surface area contributed by atoms with Gasteiger partial charge < -0.3 is 15.4 Å². The molecular formula is C55H71Cl3IN5O4S. The Hall–Kier alpha value is -3.49.